The topological polar surface area (TPSA) is 76.1 Å². The predicted octanol–water partition coefficient (Wildman–Crippen LogP) is -0.785. The highest BCUT2D eigenvalue weighted by Crippen LogP contribution is 2.35. The first-order valence-electron chi connectivity index (χ1n) is 4.88. The second kappa shape index (κ2) is 3.79. The summed E-state index contributed by atoms with van der Waals surface area (Å²) in [5.74, 6) is -0.529. The molecule has 0 aromatic rings. The van der Waals surface area contributed by atoms with Crippen molar-refractivity contribution in [2.75, 3.05) is 6.61 Å². The van der Waals surface area contributed by atoms with Crippen LogP contribution in [0.4, 0.5) is 0 Å². The van der Waals surface area contributed by atoms with E-state index in [-0.39, 0.29) is 18.7 Å². The molecule has 2 unspecified atom stereocenters. The largest absolute Gasteiger partial charge is 0.439 e. The standard InChI is InChI=1S/C9H13NO5/c1-5(12)14-9-6(2-3-11)15-8-4-7(13)10(8)9/h6,8-9,11H,2-4H2,1H3/t6?,8-,9?/m1/s1. The van der Waals surface area contributed by atoms with Gasteiger partial charge in [0.1, 0.15) is 12.3 Å². The molecule has 2 heterocycles. The summed E-state index contributed by atoms with van der Waals surface area (Å²) in [4.78, 5) is 23.5. The number of hydrogen-bond acceptors (Lipinski definition) is 5. The Hall–Kier alpha value is -1.14. The Balaban J connectivity index is 2.06. The van der Waals surface area contributed by atoms with Crippen LogP contribution < -0.4 is 0 Å². The van der Waals surface area contributed by atoms with Crippen molar-refractivity contribution in [3.63, 3.8) is 0 Å². The Bertz CT molecular complexity index is 292. The van der Waals surface area contributed by atoms with E-state index in [0.717, 1.165) is 0 Å². The van der Waals surface area contributed by atoms with E-state index in [4.69, 9.17) is 14.6 Å². The van der Waals surface area contributed by atoms with Crippen LogP contribution in [0.3, 0.4) is 0 Å². The number of amides is 1. The molecule has 0 saturated carbocycles. The third-order valence-corrected chi connectivity index (χ3v) is 2.57. The molecule has 1 N–H and O–H groups in total. The van der Waals surface area contributed by atoms with Gasteiger partial charge >= 0.3 is 5.97 Å². The Kier molecular flexibility index (Phi) is 2.62. The molecule has 6 nitrogen and oxygen atoms in total. The molecule has 0 aromatic heterocycles. The molecule has 2 fully saturated rings. The van der Waals surface area contributed by atoms with E-state index in [1.54, 1.807) is 0 Å². The highest BCUT2D eigenvalue weighted by atomic mass is 16.6. The fourth-order valence-corrected chi connectivity index (χ4v) is 1.91. The zero-order chi connectivity index (χ0) is 11.0. The van der Waals surface area contributed by atoms with Crippen molar-refractivity contribution in [1.82, 2.24) is 4.90 Å². The lowest BCUT2D eigenvalue weighted by molar-refractivity contribution is -0.173. The maximum atomic E-state index is 11.2. The van der Waals surface area contributed by atoms with Crippen LogP contribution in [0.5, 0.6) is 0 Å². The van der Waals surface area contributed by atoms with E-state index in [1.807, 2.05) is 0 Å². The number of carbonyl (C=O) groups excluding carboxylic acids is 2. The Labute approximate surface area is 86.8 Å². The number of fused-ring (bicyclic) bond motifs is 1. The molecule has 2 aliphatic heterocycles. The predicted molar refractivity (Wildman–Crippen MR) is 47.4 cm³/mol. The summed E-state index contributed by atoms with van der Waals surface area (Å²) in [6.07, 6.45) is -0.660. The molecule has 0 bridgehead atoms. The minimum absolute atomic E-state index is 0.0584. The normalized spacial score (nSPS) is 33.6. The molecule has 2 saturated heterocycles. The second-order valence-corrected chi connectivity index (χ2v) is 3.65. The lowest BCUT2D eigenvalue weighted by atomic mass is 10.1. The molecule has 0 aliphatic carbocycles. The van der Waals surface area contributed by atoms with Gasteiger partial charge in [0.15, 0.2) is 0 Å². The molecular weight excluding hydrogens is 202 g/mol. The molecule has 2 rings (SSSR count). The monoisotopic (exact) mass is 215 g/mol. The summed E-state index contributed by atoms with van der Waals surface area (Å²) < 4.78 is 10.5. The van der Waals surface area contributed by atoms with Gasteiger partial charge in [0.05, 0.1) is 6.42 Å². The van der Waals surface area contributed by atoms with Gasteiger partial charge in [0, 0.05) is 20.0 Å². The molecule has 15 heavy (non-hydrogen) atoms. The van der Waals surface area contributed by atoms with Gasteiger partial charge in [-0.2, -0.15) is 0 Å². The van der Waals surface area contributed by atoms with Crippen molar-refractivity contribution in [3.05, 3.63) is 0 Å². The fourth-order valence-electron chi connectivity index (χ4n) is 1.91. The summed E-state index contributed by atoms with van der Waals surface area (Å²) in [6, 6.07) is 0. The SMILES string of the molecule is CC(=O)OC1C(CCO)O[C@@H]2CC(=O)N12. The highest BCUT2D eigenvalue weighted by molar-refractivity contribution is 5.83. The van der Waals surface area contributed by atoms with Crippen molar-refractivity contribution in [2.45, 2.75) is 38.3 Å². The average molecular weight is 215 g/mol. The van der Waals surface area contributed by atoms with Crippen molar-refractivity contribution in [1.29, 1.82) is 0 Å². The van der Waals surface area contributed by atoms with Crippen molar-refractivity contribution < 1.29 is 24.2 Å². The summed E-state index contributed by atoms with van der Waals surface area (Å²) >= 11 is 0. The first kappa shape index (κ1) is 10.4. The van der Waals surface area contributed by atoms with Gasteiger partial charge in [0.25, 0.3) is 0 Å². The molecular formula is C9H13NO5. The number of ether oxygens (including phenoxy) is 2. The number of esters is 1. The first-order valence-corrected chi connectivity index (χ1v) is 4.88. The van der Waals surface area contributed by atoms with Gasteiger partial charge in [-0.25, -0.2) is 0 Å². The first-order chi connectivity index (χ1) is 7.13. The number of nitrogens with zero attached hydrogens (tertiary/aromatic N) is 1. The highest BCUT2D eigenvalue weighted by Gasteiger charge is 2.53. The number of aliphatic hydroxyl groups is 1. The van der Waals surface area contributed by atoms with Gasteiger partial charge in [-0.15, -0.1) is 0 Å². The molecule has 84 valence electrons. The summed E-state index contributed by atoms with van der Waals surface area (Å²) in [7, 11) is 0. The number of hydrogen-bond donors (Lipinski definition) is 1. The number of rotatable bonds is 3. The van der Waals surface area contributed by atoms with Crippen LogP contribution in [0.2, 0.25) is 0 Å². The van der Waals surface area contributed by atoms with Crippen molar-refractivity contribution in [2.24, 2.45) is 0 Å². The summed E-state index contributed by atoms with van der Waals surface area (Å²) in [5, 5.41) is 8.81. The third kappa shape index (κ3) is 1.70. The fraction of sp³-hybridized carbons (Fsp3) is 0.778. The van der Waals surface area contributed by atoms with Gasteiger partial charge in [-0.1, -0.05) is 0 Å². The molecule has 0 radical (unpaired) electrons. The van der Waals surface area contributed by atoms with Gasteiger partial charge < -0.3 is 14.6 Å². The summed E-state index contributed by atoms with van der Waals surface area (Å²) in [5.41, 5.74) is 0. The Morgan fingerprint density at radius 3 is 3.00 bits per heavy atom. The zero-order valence-electron chi connectivity index (χ0n) is 8.38. The van der Waals surface area contributed by atoms with E-state index in [2.05, 4.69) is 0 Å². The molecule has 1 amide bonds. The van der Waals surface area contributed by atoms with Crippen LogP contribution in [-0.2, 0) is 19.1 Å². The van der Waals surface area contributed by atoms with Crippen LogP contribution in [-0.4, -0.2) is 47.0 Å². The quantitative estimate of drug-likeness (QED) is 0.493. The minimum atomic E-state index is -0.666. The molecule has 2 aliphatic rings. The Morgan fingerprint density at radius 1 is 1.73 bits per heavy atom. The number of carbonyl (C=O) groups is 2. The van der Waals surface area contributed by atoms with Gasteiger partial charge in [-0.3, -0.25) is 14.5 Å². The van der Waals surface area contributed by atoms with Crippen LogP contribution in [0.1, 0.15) is 19.8 Å². The van der Waals surface area contributed by atoms with Crippen LogP contribution in [0.15, 0.2) is 0 Å². The molecule has 3 atom stereocenters. The van der Waals surface area contributed by atoms with Crippen LogP contribution >= 0.6 is 0 Å². The van der Waals surface area contributed by atoms with Gasteiger partial charge in [0.2, 0.25) is 12.1 Å². The van der Waals surface area contributed by atoms with E-state index < -0.39 is 18.3 Å². The average Bonchev–Trinajstić information content (AvgIpc) is 2.38. The second-order valence-electron chi connectivity index (χ2n) is 3.65. The summed E-state index contributed by atoms with van der Waals surface area (Å²) in [6.45, 7) is 1.23. The van der Waals surface area contributed by atoms with Crippen molar-refractivity contribution >= 4 is 11.9 Å². The zero-order valence-corrected chi connectivity index (χ0v) is 8.38. The third-order valence-electron chi connectivity index (χ3n) is 2.57. The van der Waals surface area contributed by atoms with Crippen molar-refractivity contribution in [3.8, 4) is 0 Å². The lowest BCUT2D eigenvalue weighted by Crippen LogP contribution is -2.54. The van der Waals surface area contributed by atoms with Gasteiger partial charge in [-0.05, 0) is 0 Å². The molecule has 6 heteroatoms. The maximum absolute atomic E-state index is 11.2. The van der Waals surface area contributed by atoms with E-state index in [0.29, 0.717) is 12.8 Å². The van der Waals surface area contributed by atoms with E-state index in [9.17, 15) is 9.59 Å². The lowest BCUT2D eigenvalue weighted by Gasteiger charge is -2.35. The smallest absolute Gasteiger partial charge is 0.304 e. The Morgan fingerprint density at radius 2 is 2.47 bits per heavy atom. The van der Waals surface area contributed by atoms with E-state index >= 15 is 0 Å². The van der Waals surface area contributed by atoms with Crippen LogP contribution in [0.25, 0.3) is 0 Å². The number of aliphatic hydroxyl groups excluding tert-OH is 1. The molecule has 0 spiro atoms. The number of β-lactam (4-membered cyclic amide) rings is 1. The van der Waals surface area contributed by atoms with E-state index in [1.165, 1.54) is 11.8 Å². The molecule has 0 aromatic carbocycles. The maximum Gasteiger partial charge on any atom is 0.304 e. The minimum Gasteiger partial charge on any atom is -0.439 e. The van der Waals surface area contributed by atoms with Crippen LogP contribution in [0, 0.1) is 0 Å².